The lowest BCUT2D eigenvalue weighted by Crippen LogP contribution is -2.27. The van der Waals surface area contributed by atoms with Gasteiger partial charge in [-0.2, -0.15) is 5.10 Å². The Balaban J connectivity index is 2.10. The maximum Gasteiger partial charge on any atom is 0.0537 e. The Kier molecular flexibility index (Phi) is 3.64. The molecule has 1 aliphatic rings. The fraction of sp³-hybridized carbons (Fsp3) is 0.769. The maximum atomic E-state index is 4.38. The first kappa shape index (κ1) is 11.6. The van der Waals surface area contributed by atoms with Crippen LogP contribution in [0.2, 0.25) is 0 Å². The number of aryl methyl sites for hydroxylation is 1. The number of aromatic nitrogens is 2. The van der Waals surface area contributed by atoms with E-state index in [4.69, 9.17) is 0 Å². The molecule has 0 spiro atoms. The smallest absolute Gasteiger partial charge is 0.0537 e. The summed E-state index contributed by atoms with van der Waals surface area (Å²) in [5.41, 5.74) is 1.35. The third-order valence-electron chi connectivity index (χ3n) is 3.65. The highest BCUT2D eigenvalue weighted by molar-refractivity contribution is 5.13. The van der Waals surface area contributed by atoms with Crippen LogP contribution >= 0.6 is 0 Å². The Hall–Kier alpha value is -0.830. The van der Waals surface area contributed by atoms with Gasteiger partial charge in [-0.25, -0.2) is 0 Å². The molecule has 2 atom stereocenters. The second-order valence-electron chi connectivity index (χ2n) is 4.86. The standard InChI is InChI=1S/C13H23N3/c1-4-14-13(10(3)11-6-7-11)12-8-15-16(5-2)9-12/h8-11,13-14H,4-7H2,1-3H3. The van der Waals surface area contributed by atoms with E-state index in [1.54, 1.807) is 0 Å². The third-order valence-corrected chi connectivity index (χ3v) is 3.65. The van der Waals surface area contributed by atoms with E-state index in [0.29, 0.717) is 6.04 Å². The monoisotopic (exact) mass is 221 g/mol. The van der Waals surface area contributed by atoms with E-state index >= 15 is 0 Å². The van der Waals surface area contributed by atoms with E-state index in [0.717, 1.165) is 24.9 Å². The summed E-state index contributed by atoms with van der Waals surface area (Å²) in [6, 6.07) is 0.484. The van der Waals surface area contributed by atoms with Crippen LogP contribution in [0.1, 0.15) is 45.2 Å². The lowest BCUT2D eigenvalue weighted by atomic mass is 9.92. The molecule has 0 aromatic carbocycles. The molecule has 2 rings (SSSR count). The van der Waals surface area contributed by atoms with E-state index in [2.05, 4.69) is 37.4 Å². The lowest BCUT2D eigenvalue weighted by Gasteiger charge is -2.23. The summed E-state index contributed by atoms with van der Waals surface area (Å²) in [6.07, 6.45) is 7.03. The summed E-state index contributed by atoms with van der Waals surface area (Å²) in [5, 5.41) is 7.98. The average Bonchev–Trinajstić information content (AvgIpc) is 3.04. The number of rotatable bonds is 6. The number of nitrogens with zero attached hydrogens (tertiary/aromatic N) is 2. The highest BCUT2D eigenvalue weighted by atomic mass is 15.3. The highest BCUT2D eigenvalue weighted by Crippen LogP contribution is 2.42. The Morgan fingerprint density at radius 1 is 1.50 bits per heavy atom. The highest BCUT2D eigenvalue weighted by Gasteiger charge is 2.34. The SMILES string of the molecule is CCNC(c1cnn(CC)c1)C(C)C1CC1. The summed E-state index contributed by atoms with van der Waals surface area (Å²) >= 11 is 0. The normalized spacial score (nSPS) is 19.7. The Morgan fingerprint density at radius 2 is 2.25 bits per heavy atom. The molecule has 0 radical (unpaired) electrons. The molecule has 16 heavy (non-hydrogen) atoms. The predicted molar refractivity (Wildman–Crippen MR) is 66.2 cm³/mol. The molecule has 0 aliphatic heterocycles. The second kappa shape index (κ2) is 5.00. The summed E-state index contributed by atoms with van der Waals surface area (Å²) in [7, 11) is 0. The van der Waals surface area contributed by atoms with Crippen molar-refractivity contribution < 1.29 is 0 Å². The van der Waals surface area contributed by atoms with Crippen LogP contribution in [0.4, 0.5) is 0 Å². The number of hydrogen-bond donors (Lipinski definition) is 1. The molecule has 1 fully saturated rings. The number of hydrogen-bond acceptors (Lipinski definition) is 2. The van der Waals surface area contributed by atoms with Gasteiger partial charge < -0.3 is 5.32 Å². The molecule has 1 aromatic rings. The van der Waals surface area contributed by atoms with Gasteiger partial charge in [0.15, 0.2) is 0 Å². The number of nitrogens with one attached hydrogen (secondary N) is 1. The van der Waals surface area contributed by atoms with Crippen molar-refractivity contribution in [2.24, 2.45) is 11.8 Å². The molecule has 1 heterocycles. The molecule has 1 aliphatic carbocycles. The van der Waals surface area contributed by atoms with Crippen LogP contribution in [0.25, 0.3) is 0 Å². The van der Waals surface area contributed by atoms with Gasteiger partial charge in [0.1, 0.15) is 0 Å². The molecule has 3 nitrogen and oxygen atoms in total. The van der Waals surface area contributed by atoms with Gasteiger partial charge in [-0.1, -0.05) is 13.8 Å². The molecule has 90 valence electrons. The molecule has 1 aromatic heterocycles. The molecular weight excluding hydrogens is 198 g/mol. The van der Waals surface area contributed by atoms with Crippen molar-refractivity contribution >= 4 is 0 Å². The predicted octanol–water partition coefficient (Wildman–Crippen LogP) is 2.60. The van der Waals surface area contributed by atoms with E-state index in [1.165, 1.54) is 18.4 Å². The fourth-order valence-electron chi connectivity index (χ4n) is 2.43. The molecule has 0 amide bonds. The van der Waals surface area contributed by atoms with E-state index < -0.39 is 0 Å². The second-order valence-corrected chi connectivity index (χ2v) is 4.86. The first-order valence-corrected chi connectivity index (χ1v) is 6.52. The summed E-state index contributed by atoms with van der Waals surface area (Å²) in [6.45, 7) is 8.66. The van der Waals surface area contributed by atoms with Crippen molar-refractivity contribution in [2.45, 2.75) is 46.2 Å². The van der Waals surface area contributed by atoms with Gasteiger partial charge in [0, 0.05) is 24.3 Å². The molecular formula is C13H23N3. The molecule has 0 bridgehead atoms. The van der Waals surface area contributed by atoms with Crippen molar-refractivity contribution in [1.82, 2.24) is 15.1 Å². The molecule has 3 heteroatoms. The molecule has 2 unspecified atom stereocenters. The topological polar surface area (TPSA) is 29.9 Å². The van der Waals surface area contributed by atoms with E-state index in [-0.39, 0.29) is 0 Å². The van der Waals surface area contributed by atoms with Crippen LogP contribution in [-0.4, -0.2) is 16.3 Å². The van der Waals surface area contributed by atoms with Crippen molar-refractivity contribution in [1.29, 1.82) is 0 Å². The van der Waals surface area contributed by atoms with Crippen molar-refractivity contribution in [3.05, 3.63) is 18.0 Å². The lowest BCUT2D eigenvalue weighted by molar-refractivity contribution is 0.355. The quantitative estimate of drug-likeness (QED) is 0.800. The van der Waals surface area contributed by atoms with Gasteiger partial charge in [-0.05, 0) is 38.1 Å². The zero-order chi connectivity index (χ0) is 11.5. The van der Waals surface area contributed by atoms with E-state index in [9.17, 15) is 0 Å². The summed E-state index contributed by atoms with van der Waals surface area (Å²) in [4.78, 5) is 0. The zero-order valence-corrected chi connectivity index (χ0v) is 10.6. The van der Waals surface area contributed by atoms with Crippen LogP contribution in [-0.2, 0) is 6.54 Å². The molecule has 1 N–H and O–H groups in total. The van der Waals surface area contributed by atoms with Crippen LogP contribution in [0.3, 0.4) is 0 Å². The Morgan fingerprint density at radius 3 is 2.75 bits per heavy atom. The minimum atomic E-state index is 0.484. The van der Waals surface area contributed by atoms with Crippen LogP contribution in [0.15, 0.2) is 12.4 Å². The van der Waals surface area contributed by atoms with Crippen LogP contribution in [0, 0.1) is 11.8 Å². The van der Waals surface area contributed by atoms with E-state index in [1.807, 2.05) is 10.9 Å². The van der Waals surface area contributed by atoms with Crippen molar-refractivity contribution in [3.63, 3.8) is 0 Å². The van der Waals surface area contributed by atoms with Gasteiger partial charge in [0.05, 0.1) is 6.20 Å². The first-order valence-electron chi connectivity index (χ1n) is 6.52. The molecule has 1 saturated carbocycles. The van der Waals surface area contributed by atoms with Crippen molar-refractivity contribution in [3.8, 4) is 0 Å². The first-order chi connectivity index (χ1) is 7.76. The fourth-order valence-corrected chi connectivity index (χ4v) is 2.43. The zero-order valence-electron chi connectivity index (χ0n) is 10.6. The minimum Gasteiger partial charge on any atom is -0.310 e. The van der Waals surface area contributed by atoms with Gasteiger partial charge in [-0.3, -0.25) is 4.68 Å². The van der Waals surface area contributed by atoms with Gasteiger partial charge in [0.2, 0.25) is 0 Å². The van der Waals surface area contributed by atoms with Gasteiger partial charge >= 0.3 is 0 Å². The van der Waals surface area contributed by atoms with Gasteiger partial charge in [0.25, 0.3) is 0 Å². The Bertz CT molecular complexity index is 328. The van der Waals surface area contributed by atoms with Crippen LogP contribution in [0.5, 0.6) is 0 Å². The van der Waals surface area contributed by atoms with Crippen LogP contribution < -0.4 is 5.32 Å². The summed E-state index contributed by atoms with van der Waals surface area (Å²) < 4.78 is 2.01. The van der Waals surface area contributed by atoms with Gasteiger partial charge in [-0.15, -0.1) is 0 Å². The average molecular weight is 221 g/mol. The summed E-state index contributed by atoms with van der Waals surface area (Å²) in [5.74, 6) is 1.66. The minimum absolute atomic E-state index is 0.484. The maximum absolute atomic E-state index is 4.38. The Labute approximate surface area is 98.2 Å². The molecule has 0 saturated heterocycles. The third kappa shape index (κ3) is 2.46. The van der Waals surface area contributed by atoms with Crippen molar-refractivity contribution in [2.75, 3.05) is 6.54 Å². The largest absolute Gasteiger partial charge is 0.310 e.